The number of benzene rings is 1. The Morgan fingerprint density at radius 1 is 1.13 bits per heavy atom. The Hall–Kier alpha value is -2.54. The highest BCUT2D eigenvalue weighted by Crippen LogP contribution is 2.31. The molecule has 1 amide bonds. The zero-order chi connectivity index (χ0) is 20.9. The van der Waals surface area contributed by atoms with Gasteiger partial charge in [-0.25, -0.2) is 4.98 Å². The van der Waals surface area contributed by atoms with Crippen LogP contribution in [0.15, 0.2) is 69.1 Å². The van der Waals surface area contributed by atoms with Crippen LogP contribution >= 0.6 is 34.5 Å². The first-order valence-electron chi connectivity index (χ1n) is 9.31. The van der Waals surface area contributed by atoms with Gasteiger partial charge < -0.3 is 13.7 Å². The summed E-state index contributed by atoms with van der Waals surface area (Å²) in [7, 11) is 0. The fraction of sp³-hybridized carbons (Fsp3) is 0.182. The van der Waals surface area contributed by atoms with Gasteiger partial charge in [-0.1, -0.05) is 29.3 Å². The van der Waals surface area contributed by atoms with Gasteiger partial charge in [-0.15, -0.1) is 11.3 Å². The van der Waals surface area contributed by atoms with Crippen LogP contribution in [0, 0.1) is 0 Å². The van der Waals surface area contributed by atoms with Crippen LogP contribution in [0.3, 0.4) is 0 Å². The van der Waals surface area contributed by atoms with Crippen LogP contribution in [0.1, 0.15) is 22.9 Å². The lowest BCUT2D eigenvalue weighted by molar-refractivity contribution is -0.132. The van der Waals surface area contributed by atoms with Crippen LogP contribution in [0.5, 0.6) is 0 Å². The second kappa shape index (κ2) is 9.51. The van der Waals surface area contributed by atoms with E-state index in [0.29, 0.717) is 46.8 Å². The average Bonchev–Trinajstić information content (AvgIpc) is 3.49. The molecule has 4 rings (SSSR count). The van der Waals surface area contributed by atoms with E-state index in [0.717, 1.165) is 10.6 Å². The van der Waals surface area contributed by atoms with E-state index in [9.17, 15) is 4.79 Å². The number of aromatic nitrogens is 1. The molecular formula is C22H18Cl2N2O3S. The van der Waals surface area contributed by atoms with E-state index in [1.165, 1.54) is 0 Å². The summed E-state index contributed by atoms with van der Waals surface area (Å²) >= 11 is 13.8. The smallest absolute Gasteiger partial charge is 0.223 e. The van der Waals surface area contributed by atoms with Crippen molar-refractivity contribution in [2.45, 2.75) is 25.9 Å². The van der Waals surface area contributed by atoms with Gasteiger partial charge >= 0.3 is 0 Å². The van der Waals surface area contributed by atoms with E-state index >= 15 is 0 Å². The van der Waals surface area contributed by atoms with Crippen LogP contribution in [0.4, 0.5) is 0 Å². The minimum absolute atomic E-state index is 0.00377. The standard InChI is InChI=1S/C22H18Cl2N2O3S/c23-15-5-6-18(19(24)11-15)20-12-25-21(29-20)7-8-22(27)26(13-16-3-1-9-28-16)14-17-4-2-10-30-17/h1-6,9-12H,7-8,13-14H2. The molecule has 0 atom stereocenters. The van der Waals surface area contributed by atoms with Crippen molar-refractivity contribution in [1.29, 1.82) is 0 Å². The van der Waals surface area contributed by atoms with Gasteiger partial charge in [-0.3, -0.25) is 4.79 Å². The predicted octanol–water partition coefficient (Wildman–Crippen LogP) is 6.46. The molecule has 8 heteroatoms. The van der Waals surface area contributed by atoms with Crippen LogP contribution in [-0.4, -0.2) is 15.8 Å². The highest BCUT2D eigenvalue weighted by Gasteiger charge is 2.18. The van der Waals surface area contributed by atoms with E-state index in [1.54, 1.807) is 46.9 Å². The summed E-state index contributed by atoms with van der Waals surface area (Å²) in [4.78, 5) is 20.1. The Morgan fingerprint density at radius 2 is 2.03 bits per heavy atom. The van der Waals surface area contributed by atoms with Gasteiger partial charge in [-0.05, 0) is 41.8 Å². The fourth-order valence-corrected chi connectivity index (χ4v) is 4.25. The Labute approximate surface area is 187 Å². The number of amides is 1. The monoisotopic (exact) mass is 460 g/mol. The quantitative estimate of drug-likeness (QED) is 0.302. The molecule has 3 heterocycles. The number of halogens is 2. The van der Waals surface area contributed by atoms with E-state index in [1.807, 2.05) is 29.6 Å². The first-order chi connectivity index (χ1) is 14.6. The van der Waals surface area contributed by atoms with Crippen molar-refractivity contribution >= 4 is 40.4 Å². The Balaban J connectivity index is 1.42. The topological polar surface area (TPSA) is 59.5 Å². The number of nitrogens with zero attached hydrogens (tertiary/aromatic N) is 2. The van der Waals surface area contributed by atoms with Crippen molar-refractivity contribution in [3.63, 3.8) is 0 Å². The number of aryl methyl sites for hydroxylation is 1. The van der Waals surface area contributed by atoms with Gasteiger partial charge in [0.05, 0.1) is 30.6 Å². The zero-order valence-electron chi connectivity index (χ0n) is 15.9. The normalized spacial score (nSPS) is 11.0. The number of rotatable bonds is 8. The molecule has 3 aromatic heterocycles. The molecule has 0 aliphatic rings. The SMILES string of the molecule is O=C(CCc1ncc(-c2ccc(Cl)cc2Cl)o1)N(Cc1ccco1)Cc1cccs1. The first-order valence-corrected chi connectivity index (χ1v) is 10.9. The molecule has 154 valence electrons. The lowest BCUT2D eigenvalue weighted by Gasteiger charge is -2.21. The van der Waals surface area contributed by atoms with Crippen LogP contribution in [0.25, 0.3) is 11.3 Å². The predicted molar refractivity (Wildman–Crippen MR) is 118 cm³/mol. The van der Waals surface area contributed by atoms with E-state index in [2.05, 4.69) is 4.98 Å². The van der Waals surface area contributed by atoms with Crippen molar-refractivity contribution in [1.82, 2.24) is 9.88 Å². The largest absolute Gasteiger partial charge is 0.467 e. The summed E-state index contributed by atoms with van der Waals surface area (Å²) < 4.78 is 11.2. The second-order valence-electron chi connectivity index (χ2n) is 6.65. The van der Waals surface area contributed by atoms with Gasteiger partial charge in [0.25, 0.3) is 0 Å². The maximum absolute atomic E-state index is 12.9. The number of carbonyl (C=O) groups excluding carboxylic acids is 1. The number of thiophene rings is 1. The third kappa shape index (κ3) is 5.14. The van der Waals surface area contributed by atoms with Gasteiger partial charge in [0.2, 0.25) is 5.91 Å². The Kier molecular flexibility index (Phi) is 6.57. The summed E-state index contributed by atoms with van der Waals surface area (Å²) in [6.07, 6.45) is 3.89. The van der Waals surface area contributed by atoms with Crippen molar-refractivity contribution in [3.05, 3.63) is 86.9 Å². The van der Waals surface area contributed by atoms with Gasteiger partial charge in [-0.2, -0.15) is 0 Å². The summed E-state index contributed by atoms with van der Waals surface area (Å²) in [5, 5.41) is 3.04. The molecule has 0 N–H and O–H groups in total. The molecule has 0 unspecified atom stereocenters. The fourth-order valence-electron chi connectivity index (χ4n) is 3.03. The third-order valence-corrected chi connectivity index (χ3v) is 5.92. The van der Waals surface area contributed by atoms with Crippen molar-refractivity contribution in [2.24, 2.45) is 0 Å². The molecule has 0 saturated carbocycles. The van der Waals surface area contributed by atoms with Crippen LogP contribution in [-0.2, 0) is 24.3 Å². The van der Waals surface area contributed by atoms with Crippen molar-refractivity contribution in [3.8, 4) is 11.3 Å². The molecule has 0 bridgehead atoms. The van der Waals surface area contributed by atoms with E-state index < -0.39 is 0 Å². The molecule has 0 aliphatic heterocycles. The molecule has 30 heavy (non-hydrogen) atoms. The lowest BCUT2D eigenvalue weighted by Crippen LogP contribution is -2.29. The van der Waals surface area contributed by atoms with Crippen LogP contribution < -0.4 is 0 Å². The van der Waals surface area contributed by atoms with Gasteiger partial charge in [0.1, 0.15) is 5.76 Å². The minimum atomic E-state index is 0.00377. The Bertz CT molecular complexity index is 1070. The number of furan rings is 1. The average molecular weight is 461 g/mol. The van der Waals surface area contributed by atoms with E-state index in [-0.39, 0.29) is 12.3 Å². The van der Waals surface area contributed by atoms with Gasteiger partial charge in [0, 0.05) is 28.3 Å². The molecular weight excluding hydrogens is 443 g/mol. The second-order valence-corrected chi connectivity index (χ2v) is 8.53. The molecule has 5 nitrogen and oxygen atoms in total. The number of oxazole rings is 1. The molecule has 0 radical (unpaired) electrons. The zero-order valence-corrected chi connectivity index (χ0v) is 18.2. The molecule has 0 fully saturated rings. The van der Waals surface area contributed by atoms with Crippen LogP contribution in [0.2, 0.25) is 10.0 Å². The molecule has 0 saturated heterocycles. The molecule has 0 aliphatic carbocycles. The molecule has 1 aromatic carbocycles. The molecule has 0 spiro atoms. The number of hydrogen-bond donors (Lipinski definition) is 0. The maximum atomic E-state index is 12.9. The third-order valence-electron chi connectivity index (χ3n) is 4.51. The summed E-state index contributed by atoms with van der Waals surface area (Å²) in [6.45, 7) is 0.954. The lowest BCUT2D eigenvalue weighted by atomic mass is 10.2. The highest BCUT2D eigenvalue weighted by molar-refractivity contribution is 7.09. The number of hydrogen-bond acceptors (Lipinski definition) is 5. The Morgan fingerprint density at radius 3 is 2.77 bits per heavy atom. The highest BCUT2D eigenvalue weighted by atomic mass is 35.5. The molecule has 4 aromatic rings. The van der Waals surface area contributed by atoms with Crippen molar-refractivity contribution in [2.75, 3.05) is 0 Å². The van der Waals surface area contributed by atoms with Crippen molar-refractivity contribution < 1.29 is 13.6 Å². The summed E-state index contributed by atoms with van der Waals surface area (Å²) in [6, 6.07) is 12.9. The number of carbonyl (C=O) groups is 1. The van der Waals surface area contributed by atoms with Gasteiger partial charge in [0.15, 0.2) is 11.7 Å². The minimum Gasteiger partial charge on any atom is -0.467 e. The van der Waals surface area contributed by atoms with E-state index in [4.69, 9.17) is 32.0 Å². The maximum Gasteiger partial charge on any atom is 0.223 e. The first kappa shape index (κ1) is 20.7. The summed E-state index contributed by atoms with van der Waals surface area (Å²) in [5.74, 6) is 1.78. The summed E-state index contributed by atoms with van der Waals surface area (Å²) in [5.41, 5.74) is 0.711.